The molecule has 3 rings (SSSR count). The predicted octanol–water partition coefficient (Wildman–Crippen LogP) is 3.14. The monoisotopic (exact) mass is 504 g/mol. The topological polar surface area (TPSA) is 48.9 Å². The molecule has 1 saturated carbocycles. The predicted molar refractivity (Wildman–Crippen MR) is 123 cm³/mol. The molecule has 1 aliphatic carbocycles. The number of hydrogen-bond donors (Lipinski definition) is 2. The Morgan fingerprint density at radius 3 is 2.39 bits per heavy atom. The van der Waals surface area contributed by atoms with Gasteiger partial charge < -0.3 is 20.3 Å². The molecule has 2 aliphatic rings. The zero-order valence-electron chi connectivity index (χ0n) is 17.3. The SMILES string of the molecule is CCNC(=NCC1(N(C)C)CCOCC1)NCC1(c2ccccc2F)CC1.I. The molecule has 0 amide bonds. The molecular formula is C21H34FIN4O. The van der Waals surface area contributed by atoms with Gasteiger partial charge in [-0.3, -0.25) is 4.99 Å². The van der Waals surface area contributed by atoms with Gasteiger partial charge in [0.2, 0.25) is 0 Å². The van der Waals surface area contributed by atoms with Crippen LogP contribution < -0.4 is 10.6 Å². The van der Waals surface area contributed by atoms with Crippen LogP contribution in [0.2, 0.25) is 0 Å². The molecule has 2 N–H and O–H groups in total. The van der Waals surface area contributed by atoms with Gasteiger partial charge in [-0.25, -0.2) is 4.39 Å². The minimum absolute atomic E-state index is 0. The average Bonchev–Trinajstić information content (AvgIpc) is 3.46. The Hall–Kier alpha value is -0.930. The van der Waals surface area contributed by atoms with Crippen LogP contribution in [0.4, 0.5) is 4.39 Å². The number of benzene rings is 1. The van der Waals surface area contributed by atoms with E-state index in [-0.39, 0.29) is 40.7 Å². The first-order chi connectivity index (χ1) is 13.0. The third-order valence-electron chi connectivity index (χ3n) is 6.14. The van der Waals surface area contributed by atoms with Crippen molar-refractivity contribution in [1.82, 2.24) is 15.5 Å². The van der Waals surface area contributed by atoms with Gasteiger partial charge in [0, 0.05) is 37.3 Å². The quantitative estimate of drug-likeness (QED) is 0.341. The smallest absolute Gasteiger partial charge is 0.191 e. The number of likely N-dealkylation sites (N-methyl/N-ethyl adjacent to an activating group) is 1. The molecule has 1 aromatic carbocycles. The highest BCUT2D eigenvalue weighted by Crippen LogP contribution is 2.48. The van der Waals surface area contributed by atoms with Crippen molar-refractivity contribution in [2.24, 2.45) is 4.99 Å². The number of rotatable bonds is 7. The summed E-state index contributed by atoms with van der Waals surface area (Å²) in [7, 11) is 4.25. The molecule has 158 valence electrons. The van der Waals surface area contributed by atoms with Crippen LogP contribution in [-0.2, 0) is 10.2 Å². The molecule has 5 nitrogen and oxygen atoms in total. The van der Waals surface area contributed by atoms with Gasteiger partial charge in [-0.15, -0.1) is 24.0 Å². The summed E-state index contributed by atoms with van der Waals surface area (Å²) in [4.78, 5) is 7.16. The fraction of sp³-hybridized carbons (Fsp3) is 0.667. The van der Waals surface area contributed by atoms with Crippen LogP contribution in [0, 0.1) is 5.82 Å². The lowest BCUT2D eigenvalue weighted by atomic mass is 9.89. The van der Waals surface area contributed by atoms with Crippen molar-refractivity contribution in [1.29, 1.82) is 0 Å². The molecule has 28 heavy (non-hydrogen) atoms. The summed E-state index contributed by atoms with van der Waals surface area (Å²) in [5.41, 5.74) is 0.769. The van der Waals surface area contributed by atoms with E-state index >= 15 is 0 Å². The number of guanidine groups is 1. The van der Waals surface area contributed by atoms with Gasteiger partial charge in [-0.2, -0.15) is 0 Å². The van der Waals surface area contributed by atoms with Gasteiger partial charge in [0.15, 0.2) is 5.96 Å². The van der Waals surface area contributed by atoms with Crippen LogP contribution in [0.15, 0.2) is 29.3 Å². The van der Waals surface area contributed by atoms with Gasteiger partial charge in [-0.05, 0) is 58.3 Å². The Balaban J connectivity index is 0.00000280. The average molecular weight is 504 g/mol. The molecule has 1 heterocycles. The summed E-state index contributed by atoms with van der Waals surface area (Å²) in [6.07, 6.45) is 4.00. The maximum absolute atomic E-state index is 14.2. The van der Waals surface area contributed by atoms with Crippen molar-refractivity contribution in [3.05, 3.63) is 35.6 Å². The number of nitrogens with one attached hydrogen (secondary N) is 2. The van der Waals surface area contributed by atoms with E-state index in [1.54, 1.807) is 12.1 Å². The van der Waals surface area contributed by atoms with E-state index in [1.807, 2.05) is 12.1 Å². The molecule has 2 fully saturated rings. The number of nitrogens with zero attached hydrogens (tertiary/aromatic N) is 2. The first-order valence-corrected chi connectivity index (χ1v) is 10.0. The van der Waals surface area contributed by atoms with Gasteiger partial charge in [-0.1, -0.05) is 18.2 Å². The molecule has 1 aromatic rings. The van der Waals surface area contributed by atoms with Crippen LogP contribution in [0.25, 0.3) is 0 Å². The standard InChI is InChI=1S/C21H33FN4O.HI/c1-4-23-19(25-16-21(26(2)3)11-13-27-14-12-21)24-15-20(9-10-20)17-7-5-6-8-18(17)22;/h5-8H,4,9-16H2,1-3H3,(H2,23,24,25);1H. The molecule has 0 bridgehead atoms. The Kier molecular flexibility index (Phi) is 8.51. The fourth-order valence-electron chi connectivity index (χ4n) is 3.90. The van der Waals surface area contributed by atoms with Crippen LogP contribution in [-0.4, -0.2) is 63.3 Å². The zero-order chi connectivity index (χ0) is 19.3. The second kappa shape index (κ2) is 10.2. The first kappa shape index (κ1) is 23.3. The molecule has 0 unspecified atom stereocenters. The number of halogens is 2. The van der Waals surface area contributed by atoms with Gasteiger partial charge in [0.05, 0.1) is 6.54 Å². The van der Waals surface area contributed by atoms with Crippen molar-refractivity contribution in [3.63, 3.8) is 0 Å². The van der Waals surface area contributed by atoms with E-state index in [1.165, 1.54) is 0 Å². The van der Waals surface area contributed by atoms with Gasteiger partial charge >= 0.3 is 0 Å². The Labute approximate surface area is 185 Å². The fourth-order valence-corrected chi connectivity index (χ4v) is 3.90. The largest absolute Gasteiger partial charge is 0.381 e. The third kappa shape index (κ3) is 5.36. The van der Waals surface area contributed by atoms with Crippen LogP contribution in [0.5, 0.6) is 0 Å². The molecule has 0 aromatic heterocycles. The lowest BCUT2D eigenvalue weighted by molar-refractivity contribution is -0.00254. The molecule has 7 heteroatoms. The summed E-state index contributed by atoms with van der Waals surface area (Å²) in [6, 6.07) is 7.14. The summed E-state index contributed by atoms with van der Waals surface area (Å²) >= 11 is 0. The summed E-state index contributed by atoms with van der Waals surface area (Å²) < 4.78 is 19.8. The van der Waals surface area contributed by atoms with Crippen LogP contribution >= 0.6 is 24.0 Å². The van der Waals surface area contributed by atoms with Crippen molar-refractivity contribution >= 4 is 29.9 Å². The second-order valence-electron chi connectivity index (χ2n) is 8.04. The Morgan fingerprint density at radius 2 is 1.82 bits per heavy atom. The second-order valence-corrected chi connectivity index (χ2v) is 8.04. The minimum atomic E-state index is -0.104. The summed E-state index contributed by atoms with van der Waals surface area (Å²) in [5, 5.41) is 6.81. The molecule has 1 saturated heterocycles. The maximum Gasteiger partial charge on any atom is 0.191 e. The molecule has 0 atom stereocenters. The van der Waals surface area contributed by atoms with Crippen LogP contribution in [0.3, 0.4) is 0 Å². The van der Waals surface area contributed by atoms with E-state index in [2.05, 4.69) is 36.6 Å². The van der Waals surface area contributed by atoms with E-state index in [0.29, 0.717) is 6.54 Å². The Bertz CT molecular complexity index is 658. The van der Waals surface area contributed by atoms with E-state index in [0.717, 1.165) is 63.5 Å². The van der Waals surface area contributed by atoms with E-state index < -0.39 is 0 Å². The number of ether oxygens (including phenoxy) is 1. The lowest BCUT2D eigenvalue weighted by Crippen LogP contribution is -2.52. The maximum atomic E-state index is 14.2. The molecule has 0 spiro atoms. The van der Waals surface area contributed by atoms with Crippen molar-refractivity contribution in [2.75, 3.05) is 46.9 Å². The summed E-state index contributed by atoms with van der Waals surface area (Å²) in [6.45, 7) is 5.87. The highest BCUT2D eigenvalue weighted by atomic mass is 127. The van der Waals surface area contributed by atoms with Crippen LogP contribution in [0.1, 0.15) is 38.2 Å². The van der Waals surface area contributed by atoms with Gasteiger partial charge in [0.25, 0.3) is 0 Å². The Morgan fingerprint density at radius 1 is 1.14 bits per heavy atom. The van der Waals surface area contributed by atoms with Crippen molar-refractivity contribution in [2.45, 2.75) is 43.6 Å². The van der Waals surface area contributed by atoms with Crippen molar-refractivity contribution in [3.8, 4) is 0 Å². The van der Waals surface area contributed by atoms with Gasteiger partial charge in [0.1, 0.15) is 5.82 Å². The summed E-state index contributed by atoms with van der Waals surface area (Å²) in [5.74, 6) is 0.709. The zero-order valence-corrected chi connectivity index (χ0v) is 19.6. The first-order valence-electron chi connectivity index (χ1n) is 10.0. The normalized spacial score (nSPS) is 20.4. The highest BCUT2D eigenvalue weighted by molar-refractivity contribution is 14.0. The number of hydrogen-bond acceptors (Lipinski definition) is 3. The minimum Gasteiger partial charge on any atom is -0.381 e. The molecule has 0 radical (unpaired) electrons. The molecular weight excluding hydrogens is 470 g/mol. The molecule has 1 aliphatic heterocycles. The highest BCUT2D eigenvalue weighted by Gasteiger charge is 2.46. The number of aliphatic imine (C=N–C) groups is 1. The van der Waals surface area contributed by atoms with E-state index in [4.69, 9.17) is 9.73 Å². The van der Waals surface area contributed by atoms with E-state index in [9.17, 15) is 4.39 Å². The van der Waals surface area contributed by atoms with Crippen molar-refractivity contribution < 1.29 is 9.13 Å². The lowest BCUT2D eigenvalue weighted by Gasteiger charge is -2.41. The third-order valence-corrected chi connectivity index (χ3v) is 6.14.